The minimum absolute atomic E-state index is 0.0156. The lowest BCUT2D eigenvalue weighted by Crippen LogP contribution is -2.32. The standard InChI is InChI=1S/C13H20N2O2/c1-4-17-12-7-5-6-11(10-12)13(16)15(3)9-8-14-2/h5-7,10,14H,4,8-9H2,1-3H3. The normalized spacial score (nSPS) is 10.1. The van der Waals surface area contributed by atoms with Crippen molar-refractivity contribution >= 4 is 5.91 Å². The molecule has 0 aliphatic carbocycles. The van der Waals surface area contributed by atoms with E-state index in [2.05, 4.69) is 5.32 Å². The molecule has 0 spiro atoms. The van der Waals surface area contributed by atoms with Crippen LogP contribution in [0, 0.1) is 0 Å². The van der Waals surface area contributed by atoms with Gasteiger partial charge in [-0.1, -0.05) is 6.07 Å². The van der Waals surface area contributed by atoms with Crippen molar-refractivity contribution in [3.63, 3.8) is 0 Å². The number of nitrogens with one attached hydrogen (secondary N) is 1. The van der Waals surface area contributed by atoms with E-state index in [1.807, 2.05) is 26.1 Å². The first kappa shape index (κ1) is 13.5. The molecule has 0 saturated heterocycles. The molecule has 1 aromatic rings. The minimum Gasteiger partial charge on any atom is -0.494 e. The zero-order valence-electron chi connectivity index (χ0n) is 10.7. The predicted octanol–water partition coefficient (Wildman–Crippen LogP) is 1.38. The molecule has 0 aliphatic rings. The highest BCUT2D eigenvalue weighted by atomic mass is 16.5. The van der Waals surface area contributed by atoms with E-state index in [1.54, 1.807) is 24.1 Å². The second kappa shape index (κ2) is 6.91. The Bertz CT molecular complexity index is 366. The molecule has 17 heavy (non-hydrogen) atoms. The quantitative estimate of drug-likeness (QED) is 0.811. The molecule has 0 aliphatic heterocycles. The maximum absolute atomic E-state index is 12.0. The topological polar surface area (TPSA) is 41.6 Å². The Kier molecular flexibility index (Phi) is 5.49. The van der Waals surface area contributed by atoms with Gasteiger partial charge in [-0.3, -0.25) is 4.79 Å². The van der Waals surface area contributed by atoms with Gasteiger partial charge >= 0.3 is 0 Å². The van der Waals surface area contributed by atoms with Crippen LogP contribution in [0.3, 0.4) is 0 Å². The highest BCUT2D eigenvalue weighted by Crippen LogP contribution is 2.14. The highest BCUT2D eigenvalue weighted by molar-refractivity contribution is 5.94. The molecule has 0 unspecified atom stereocenters. The zero-order valence-corrected chi connectivity index (χ0v) is 10.7. The summed E-state index contributed by atoms with van der Waals surface area (Å²) >= 11 is 0. The van der Waals surface area contributed by atoms with E-state index >= 15 is 0 Å². The molecule has 4 heteroatoms. The number of nitrogens with zero attached hydrogens (tertiary/aromatic N) is 1. The summed E-state index contributed by atoms with van der Waals surface area (Å²) in [5.41, 5.74) is 0.662. The fraction of sp³-hybridized carbons (Fsp3) is 0.462. The Morgan fingerprint density at radius 1 is 1.47 bits per heavy atom. The van der Waals surface area contributed by atoms with E-state index in [0.29, 0.717) is 18.7 Å². The van der Waals surface area contributed by atoms with Gasteiger partial charge in [0.15, 0.2) is 0 Å². The fourth-order valence-corrected chi connectivity index (χ4v) is 1.49. The zero-order chi connectivity index (χ0) is 12.7. The molecule has 0 aromatic heterocycles. The van der Waals surface area contributed by atoms with E-state index < -0.39 is 0 Å². The molecule has 1 rings (SSSR count). The fourth-order valence-electron chi connectivity index (χ4n) is 1.49. The van der Waals surface area contributed by atoms with Crippen molar-refractivity contribution in [3.8, 4) is 5.75 Å². The van der Waals surface area contributed by atoms with Gasteiger partial charge in [-0.05, 0) is 32.2 Å². The molecular weight excluding hydrogens is 216 g/mol. The lowest BCUT2D eigenvalue weighted by atomic mass is 10.2. The summed E-state index contributed by atoms with van der Waals surface area (Å²) in [5.74, 6) is 0.752. The molecule has 1 aromatic carbocycles. The van der Waals surface area contributed by atoms with E-state index in [9.17, 15) is 4.79 Å². The van der Waals surface area contributed by atoms with Gasteiger partial charge < -0.3 is 15.0 Å². The van der Waals surface area contributed by atoms with E-state index in [4.69, 9.17) is 4.74 Å². The molecule has 0 bridgehead atoms. The monoisotopic (exact) mass is 236 g/mol. The number of likely N-dealkylation sites (N-methyl/N-ethyl adjacent to an activating group) is 2. The Morgan fingerprint density at radius 3 is 2.88 bits per heavy atom. The van der Waals surface area contributed by atoms with E-state index in [0.717, 1.165) is 12.3 Å². The van der Waals surface area contributed by atoms with Crippen molar-refractivity contribution in [2.24, 2.45) is 0 Å². The molecular formula is C13H20N2O2. The van der Waals surface area contributed by atoms with Gasteiger partial charge in [0.2, 0.25) is 0 Å². The number of ether oxygens (including phenoxy) is 1. The summed E-state index contributed by atoms with van der Waals surface area (Å²) in [5, 5.41) is 3.02. The van der Waals surface area contributed by atoms with Gasteiger partial charge in [0.25, 0.3) is 5.91 Å². The summed E-state index contributed by atoms with van der Waals surface area (Å²) in [7, 11) is 3.67. The van der Waals surface area contributed by atoms with Crippen molar-refractivity contribution in [3.05, 3.63) is 29.8 Å². The van der Waals surface area contributed by atoms with Gasteiger partial charge in [0.05, 0.1) is 6.61 Å². The van der Waals surface area contributed by atoms with Crippen LogP contribution < -0.4 is 10.1 Å². The van der Waals surface area contributed by atoms with Crippen LogP contribution in [-0.4, -0.2) is 44.6 Å². The van der Waals surface area contributed by atoms with Gasteiger partial charge in [0.1, 0.15) is 5.75 Å². The molecule has 1 N–H and O–H groups in total. The van der Waals surface area contributed by atoms with Crippen LogP contribution >= 0.6 is 0 Å². The summed E-state index contributed by atoms with van der Waals surface area (Å²) in [6.45, 7) is 4.00. The Balaban J connectivity index is 2.70. The molecule has 0 saturated carbocycles. The first-order valence-corrected chi connectivity index (χ1v) is 5.82. The summed E-state index contributed by atoms with van der Waals surface area (Å²) < 4.78 is 5.37. The Labute approximate surface area is 103 Å². The number of carbonyl (C=O) groups is 1. The number of hydrogen-bond donors (Lipinski definition) is 1. The largest absolute Gasteiger partial charge is 0.494 e. The molecule has 0 atom stereocenters. The molecule has 0 radical (unpaired) electrons. The van der Waals surface area contributed by atoms with Crippen LogP contribution in [0.2, 0.25) is 0 Å². The minimum atomic E-state index is 0.0156. The number of amides is 1. The number of carbonyl (C=O) groups excluding carboxylic acids is 1. The van der Waals surface area contributed by atoms with E-state index in [-0.39, 0.29) is 5.91 Å². The van der Waals surface area contributed by atoms with Gasteiger partial charge in [-0.25, -0.2) is 0 Å². The van der Waals surface area contributed by atoms with Crippen molar-refractivity contribution in [1.29, 1.82) is 0 Å². The van der Waals surface area contributed by atoms with Gasteiger partial charge in [-0.15, -0.1) is 0 Å². The average Bonchev–Trinajstić information content (AvgIpc) is 2.35. The lowest BCUT2D eigenvalue weighted by Gasteiger charge is -2.17. The Hall–Kier alpha value is -1.55. The summed E-state index contributed by atoms with van der Waals surface area (Å²) in [6.07, 6.45) is 0. The third-order valence-electron chi connectivity index (χ3n) is 2.44. The summed E-state index contributed by atoms with van der Waals surface area (Å²) in [6, 6.07) is 7.28. The first-order valence-electron chi connectivity index (χ1n) is 5.82. The maximum Gasteiger partial charge on any atom is 0.253 e. The van der Waals surface area contributed by atoms with Crippen molar-refractivity contribution in [2.45, 2.75) is 6.92 Å². The average molecular weight is 236 g/mol. The SMILES string of the molecule is CCOc1cccc(C(=O)N(C)CCNC)c1. The number of benzene rings is 1. The van der Waals surface area contributed by atoms with Crippen LogP contribution in [0.4, 0.5) is 0 Å². The van der Waals surface area contributed by atoms with Crippen LogP contribution in [0.1, 0.15) is 17.3 Å². The van der Waals surface area contributed by atoms with E-state index in [1.165, 1.54) is 0 Å². The van der Waals surface area contributed by atoms with Gasteiger partial charge in [-0.2, -0.15) is 0 Å². The lowest BCUT2D eigenvalue weighted by molar-refractivity contribution is 0.0796. The van der Waals surface area contributed by atoms with Crippen LogP contribution in [0.5, 0.6) is 5.75 Å². The van der Waals surface area contributed by atoms with Crippen molar-refractivity contribution in [2.75, 3.05) is 33.8 Å². The van der Waals surface area contributed by atoms with Gasteiger partial charge in [0, 0.05) is 25.7 Å². The number of rotatable bonds is 6. The molecule has 0 heterocycles. The second-order valence-electron chi connectivity index (χ2n) is 3.79. The first-order chi connectivity index (χ1) is 8.19. The van der Waals surface area contributed by atoms with Crippen LogP contribution in [0.15, 0.2) is 24.3 Å². The molecule has 1 amide bonds. The summed E-state index contributed by atoms with van der Waals surface area (Å²) in [4.78, 5) is 13.7. The molecule has 0 fully saturated rings. The Morgan fingerprint density at radius 2 is 2.24 bits per heavy atom. The third-order valence-corrected chi connectivity index (χ3v) is 2.44. The second-order valence-corrected chi connectivity index (χ2v) is 3.79. The molecule has 94 valence electrons. The predicted molar refractivity (Wildman–Crippen MR) is 68.5 cm³/mol. The highest BCUT2D eigenvalue weighted by Gasteiger charge is 2.11. The van der Waals surface area contributed by atoms with Crippen molar-refractivity contribution in [1.82, 2.24) is 10.2 Å². The maximum atomic E-state index is 12.0. The van der Waals surface area contributed by atoms with Crippen molar-refractivity contribution < 1.29 is 9.53 Å². The smallest absolute Gasteiger partial charge is 0.253 e. The number of hydrogen-bond acceptors (Lipinski definition) is 3. The van der Waals surface area contributed by atoms with Crippen LogP contribution in [0.25, 0.3) is 0 Å². The third kappa shape index (κ3) is 4.07. The van der Waals surface area contributed by atoms with Crippen LogP contribution in [-0.2, 0) is 0 Å². The molecule has 4 nitrogen and oxygen atoms in total.